The first-order valence-corrected chi connectivity index (χ1v) is 10.9. The predicted octanol–water partition coefficient (Wildman–Crippen LogP) is 2.87. The molecular weight excluding hydrogens is 426 g/mol. The fourth-order valence-electron chi connectivity index (χ4n) is 3.34. The van der Waals surface area contributed by atoms with Crippen molar-refractivity contribution in [2.75, 3.05) is 10.6 Å². The Morgan fingerprint density at radius 2 is 1.84 bits per heavy atom. The van der Waals surface area contributed by atoms with Crippen LogP contribution in [0.3, 0.4) is 0 Å². The highest BCUT2D eigenvalue weighted by molar-refractivity contribution is 7.09. The van der Waals surface area contributed by atoms with Crippen LogP contribution in [0.2, 0.25) is 0 Å². The zero-order valence-electron chi connectivity index (χ0n) is 17.9. The second kappa shape index (κ2) is 10.1. The number of carbonyl (C=O) groups is 3. The van der Waals surface area contributed by atoms with E-state index in [1.807, 2.05) is 62.4 Å². The number of aryl methyl sites for hydroxylation is 1. The maximum atomic E-state index is 13.6. The van der Waals surface area contributed by atoms with E-state index in [0.29, 0.717) is 18.7 Å². The summed E-state index contributed by atoms with van der Waals surface area (Å²) in [7, 11) is 0. The van der Waals surface area contributed by atoms with Gasteiger partial charge < -0.3 is 16.8 Å². The Hall–Kier alpha value is -3.72. The summed E-state index contributed by atoms with van der Waals surface area (Å²) in [5, 5.41) is 2.91. The number of primary amides is 1. The van der Waals surface area contributed by atoms with Crippen molar-refractivity contribution in [1.29, 1.82) is 0 Å². The topological polar surface area (TPSA) is 131 Å². The number of nitrogens with one attached hydrogen (secondary N) is 1. The molecule has 0 aliphatic rings. The fourth-order valence-corrected chi connectivity index (χ4v) is 4.09. The van der Waals surface area contributed by atoms with Crippen molar-refractivity contribution >= 4 is 40.6 Å². The highest BCUT2D eigenvalue weighted by Gasteiger charge is 2.33. The minimum atomic E-state index is -0.812. The van der Waals surface area contributed by atoms with Gasteiger partial charge in [-0.25, -0.2) is 0 Å². The number of amides is 3. The number of nitrogens with two attached hydrogens (primary N) is 2. The average molecular weight is 452 g/mol. The van der Waals surface area contributed by atoms with Crippen LogP contribution in [0.25, 0.3) is 0 Å². The Kier molecular flexibility index (Phi) is 7.21. The maximum Gasteiger partial charge on any atom is 0.272 e. The molecule has 2 aromatic carbocycles. The summed E-state index contributed by atoms with van der Waals surface area (Å²) in [4.78, 5) is 39.8. The van der Waals surface area contributed by atoms with Gasteiger partial charge in [-0.1, -0.05) is 49.4 Å². The Morgan fingerprint density at radius 3 is 2.44 bits per heavy atom. The van der Waals surface area contributed by atoms with Crippen LogP contribution in [0.15, 0.2) is 54.6 Å². The van der Waals surface area contributed by atoms with Gasteiger partial charge >= 0.3 is 0 Å². The van der Waals surface area contributed by atoms with Gasteiger partial charge in [0.15, 0.2) is 5.69 Å². The first-order valence-electron chi connectivity index (χ1n) is 10.1. The summed E-state index contributed by atoms with van der Waals surface area (Å²) in [6.07, 6.45) is 0.363. The summed E-state index contributed by atoms with van der Waals surface area (Å²) in [5.41, 5.74) is 13.5. The highest BCUT2D eigenvalue weighted by Crippen LogP contribution is 2.28. The van der Waals surface area contributed by atoms with Crippen molar-refractivity contribution in [3.63, 3.8) is 0 Å². The zero-order valence-corrected chi connectivity index (χ0v) is 18.7. The molecule has 0 bridgehead atoms. The van der Waals surface area contributed by atoms with Crippen molar-refractivity contribution in [1.82, 2.24) is 9.69 Å². The van der Waals surface area contributed by atoms with E-state index >= 15 is 0 Å². The summed E-state index contributed by atoms with van der Waals surface area (Å²) < 4.78 is 3.93. The third-order valence-electron chi connectivity index (χ3n) is 4.96. The predicted molar refractivity (Wildman–Crippen MR) is 125 cm³/mol. The smallest absolute Gasteiger partial charge is 0.272 e. The zero-order chi connectivity index (χ0) is 23.3. The van der Waals surface area contributed by atoms with Crippen LogP contribution in [0.4, 0.5) is 11.4 Å². The van der Waals surface area contributed by atoms with Gasteiger partial charge in [0.05, 0.1) is 5.69 Å². The molecule has 5 N–H and O–H groups in total. The fraction of sp³-hybridized carbons (Fsp3) is 0.217. The largest absolute Gasteiger partial charge is 0.395 e. The van der Waals surface area contributed by atoms with Crippen molar-refractivity contribution < 1.29 is 14.4 Å². The number of nitrogens with zero attached hydrogens (tertiary/aromatic N) is 2. The number of carbonyl (C=O) groups excluding carboxylic acids is 3. The highest BCUT2D eigenvalue weighted by atomic mass is 32.1. The molecule has 0 aliphatic carbocycles. The van der Waals surface area contributed by atoms with Gasteiger partial charge in [0.25, 0.3) is 11.8 Å². The normalized spacial score (nSPS) is 11.6. The molecule has 0 spiro atoms. The molecule has 9 heteroatoms. The molecule has 3 aromatic rings. The van der Waals surface area contributed by atoms with E-state index in [0.717, 1.165) is 22.7 Å². The van der Waals surface area contributed by atoms with E-state index in [2.05, 4.69) is 9.69 Å². The first-order chi connectivity index (χ1) is 15.3. The standard InChI is InChI=1S/C23H25N5O3S/c1-3-17(22(30)26-13-15-9-5-4-6-10-15)28(16-11-7-8-14(2)12-16)23(31)20-18(24)19(21(25)29)27-32-20/h4-12,17H,3,13,24H2,1-2H3,(H2,25,29)(H,26,30). The van der Waals surface area contributed by atoms with Crippen molar-refractivity contribution in [2.45, 2.75) is 32.9 Å². The number of hydrogen-bond acceptors (Lipinski definition) is 6. The van der Waals surface area contributed by atoms with Gasteiger partial charge in [-0.2, -0.15) is 4.37 Å². The van der Waals surface area contributed by atoms with Gasteiger partial charge in [-0.3, -0.25) is 19.3 Å². The van der Waals surface area contributed by atoms with Gasteiger partial charge in [-0.15, -0.1) is 0 Å². The molecule has 0 radical (unpaired) electrons. The average Bonchev–Trinajstić information content (AvgIpc) is 3.17. The van der Waals surface area contributed by atoms with Gasteiger partial charge in [-0.05, 0) is 48.1 Å². The van der Waals surface area contributed by atoms with Crippen LogP contribution < -0.4 is 21.7 Å². The third-order valence-corrected chi connectivity index (χ3v) is 5.82. The molecule has 3 rings (SSSR count). The van der Waals surface area contributed by atoms with Crippen molar-refractivity contribution in [3.8, 4) is 0 Å². The molecule has 0 fully saturated rings. The van der Waals surface area contributed by atoms with Crippen LogP contribution in [0.1, 0.15) is 44.6 Å². The molecule has 8 nitrogen and oxygen atoms in total. The van der Waals surface area contributed by atoms with E-state index in [-0.39, 0.29) is 22.2 Å². The third kappa shape index (κ3) is 4.94. The lowest BCUT2D eigenvalue weighted by atomic mass is 10.1. The molecule has 1 atom stereocenters. The summed E-state index contributed by atoms with van der Waals surface area (Å²) in [6.45, 7) is 4.06. The molecule has 0 saturated carbocycles. The lowest BCUT2D eigenvalue weighted by Gasteiger charge is -2.30. The SMILES string of the molecule is CCC(C(=O)NCc1ccccc1)N(C(=O)c1snc(C(N)=O)c1N)c1cccc(C)c1. The Bertz CT molecular complexity index is 1130. The Morgan fingerprint density at radius 1 is 1.12 bits per heavy atom. The van der Waals surface area contributed by atoms with Gasteiger partial charge in [0, 0.05) is 12.2 Å². The molecule has 1 unspecified atom stereocenters. The lowest BCUT2D eigenvalue weighted by Crippen LogP contribution is -2.49. The van der Waals surface area contributed by atoms with Gasteiger partial charge in [0.1, 0.15) is 10.9 Å². The maximum absolute atomic E-state index is 13.6. The van der Waals surface area contributed by atoms with Crippen LogP contribution in [-0.2, 0) is 11.3 Å². The second-order valence-electron chi connectivity index (χ2n) is 7.28. The van der Waals surface area contributed by atoms with Crippen LogP contribution >= 0.6 is 11.5 Å². The van der Waals surface area contributed by atoms with Gasteiger partial charge in [0.2, 0.25) is 5.91 Å². The quantitative estimate of drug-likeness (QED) is 0.485. The first kappa shape index (κ1) is 23.0. The number of anilines is 2. The second-order valence-corrected chi connectivity index (χ2v) is 8.05. The Labute approximate surface area is 190 Å². The van der Waals surface area contributed by atoms with E-state index in [4.69, 9.17) is 11.5 Å². The monoisotopic (exact) mass is 451 g/mol. The summed E-state index contributed by atoms with van der Waals surface area (Å²) in [6, 6.07) is 16.0. The molecule has 1 heterocycles. The number of hydrogen-bond donors (Lipinski definition) is 3. The molecule has 1 aromatic heterocycles. The van der Waals surface area contributed by atoms with Crippen molar-refractivity contribution in [3.05, 3.63) is 76.3 Å². The van der Waals surface area contributed by atoms with E-state index < -0.39 is 17.9 Å². The molecule has 0 saturated heterocycles. The number of nitrogen functional groups attached to an aromatic ring is 1. The number of rotatable bonds is 8. The van der Waals surface area contributed by atoms with Crippen molar-refractivity contribution in [2.24, 2.45) is 5.73 Å². The molecular formula is C23H25N5O3S. The molecule has 166 valence electrons. The molecule has 3 amide bonds. The summed E-state index contributed by atoms with van der Waals surface area (Å²) >= 11 is 0.791. The van der Waals surface area contributed by atoms with E-state index in [1.165, 1.54) is 4.90 Å². The Balaban J connectivity index is 1.96. The number of aromatic nitrogens is 1. The molecule has 0 aliphatic heterocycles. The van der Waals surface area contributed by atoms with E-state index in [9.17, 15) is 14.4 Å². The van der Waals surface area contributed by atoms with Crippen LogP contribution in [-0.4, -0.2) is 28.1 Å². The number of benzene rings is 2. The summed E-state index contributed by atoms with van der Waals surface area (Å²) in [5.74, 6) is -1.63. The van der Waals surface area contributed by atoms with Crippen LogP contribution in [0, 0.1) is 6.92 Å². The van der Waals surface area contributed by atoms with E-state index in [1.54, 1.807) is 6.07 Å². The minimum Gasteiger partial charge on any atom is -0.395 e. The minimum absolute atomic E-state index is 0.0645. The van der Waals surface area contributed by atoms with Crippen LogP contribution in [0.5, 0.6) is 0 Å². The molecule has 32 heavy (non-hydrogen) atoms. The lowest BCUT2D eigenvalue weighted by molar-refractivity contribution is -0.122.